The van der Waals surface area contributed by atoms with E-state index in [1.165, 1.54) is 0 Å². The second-order valence-corrected chi connectivity index (χ2v) is 3.45. The molecule has 0 saturated heterocycles. The van der Waals surface area contributed by atoms with Crippen LogP contribution in [0.4, 0.5) is 0 Å². The van der Waals surface area contributed by atoms with Gasteiger partial charge in [0.25, 0.3) is 0 Å². The first-order valence-electron chi connectivity index (χ1n) is 4.37. The molecule has 0 aliphatic rings. The van der Waals surface area contributed by atoms with Gasteiger partial charge in [0.1, 0.15) is 7.28 Å². The molecular formula is C8H16B3. The molecule has 0 amide bonds. The zero-order chi connectivity index (χ0) is 8.91. The molecule has 11 heavy (non-hydrogen) atoms. The van der Waals surface area contributed by atoms with Gasteiger partial charge in [-0.15, -0.1) is 0 Å². The first-order chi connectivity index (χ1) is 5.06. The van der Waals surface area contributed by atoms with E-state index in [-0.39, 0.29) is 11.1 Å². The van der Waals surface area contributed by atoms with Gasteiger partial charge in [-0.05, 0) is 0 Å². The lowest BCUT2D eigenvalue weighted by Gasteiger charge is -2.33. The van der Waals surface area contributed by atoms with Gasteiger partial charge in [0.2, 0.25) is 0 Å². The monoisotopic (exact) mass is 145 g/mol. The summed E-state index contributed by atoms with van der Waals surface area (Å²) in [5.41, 5.74) is 0. The minimum atomic E-state index is 0.128. The lowest BCUT2D eigenvalue weighted by atomic mass is 9.42. The van der Waals surface area contributed by atoms with Crippen LogP contribution in [-0.2, 0) is 0 Å². The van der Waals surface area contributed by atoms with Crippen molar-refractivity contribution in [3.63, 3.8) is 0 Å². The quantitative estimate of drug-likeness (QED) is 0.520. The van der Waals surface area contributed by atoms with Crippen LogP contribution in [0.25, 0.3) is 0 Å². The van der Waals surface area contributed by atoms with Gasteiger partial charge in [-0.3, -0.25) is 0 Å². The molecule has 0 aromatic carbocycles. The van der Waals surface area contributed by atoms with E-state index in [4.69, 9.17) is 15.7 Å². The Hall–Kier alpha value is 0.195. The van der Waals surface area contributed by atoms with Crippen molar-refractivity contribution in [1.29, 1.82) is 0 Å². The molecule has 0 bridgehead atoms. The Bertz CT molecular complexity index is 95.5. The third-order valence-electron chi connectivity index (χ3n) is 2.39. The second kappa shape index (κ2) is 4.95. The summed E-state index contributed by atoms with van der Waals surface area (Å²) in [7, 11) is 13.6. The highest BCUT2D eigenvalue weighted by Crippen LogP contribution is 2.41. The Morgan fingerprint density at radius 3 is 2.36 bits per heavy atom. The first kappa shape index (κ1) is 11.2. The highest BCUT2D eigenvalue weighted by molar-refractivity contribution is 6.42. The summed E-state index contributed by atoms with van der Waals surface area (Å²) in [5, 5.41) is 0.128. The molecular weight excluding hydrogens is 129 g/mol. The molecule has 0 aliphatic carbocycles. The average molecular weight is 145 g/mol. The zero-order valence-corrected chi connectivity index (χ0v) is 7.93. The van der Waals surface area contributed by atoms with Crippen LogP contribution in [0.5, 0.6) is 0 Å². The third-order valence-corrected chi connectivity index (χ3v) is 2.39. The Labute approximate surface area is 74.6 Å². The average Bonchev–Trinajstić information content (AvgIpc) is 1.88. The maximum Gasteiger partial charge on any atom is 0.116 e. The Morgan fingerprint density at radius 1 is 1.55 bits per heavy atom. The smallest absolute Gasteiger partial charge is 0.0889 e. The maximum atomic E-state index is 5.86. The van der Waals surface area contributed by atoms with Crippen LogP contribution < -0.4 is 0 Å². The fraction of sp³-hybridized carbons (Fsp3) is 1.00. The predicted octanol–water partition coefficient (Wildman–Crippen LogP) is 2.26. The Balaban J connectivity index is 4.01. The van der Waals surface area contributed by atoms with Gasteiger partial charge in [0.15, 0.2) is 0 Å². The van der Waals surface area contributed by atoms with Crippen molar-refractivity contribution in [3.8, 4) is 0 Å². The lowest BCUT2D eigenvalue weighted by Crippen LogP contribution is -2.21. The molecule has 0 nitrogen and oxygen atoms in total. The third kappa shape index (κ3) is 3.40. The van der Waals surface area contributed by atoms with E-state index in [1.54, 1.807) is 0 Å². The van der Waals surface area contributed by atoms with Crippen LogP contribution in [-0.4, -0.2) is 23.0 Å². The standard InChI is InChI=1S/C8H16B3/c1-4-11-8(3,5-6-9)7(2)10/h7H,4-6H2,1-3H3. The zero-order valence-electron chi connectivity index (χ0n) is 7.93. The number of hydrogen-bond donors (Lipinski definition) is 0. The molecule has 2 atom stereocenters. The number of hydrogen-bond acceptors (Lipinski definition) is 0. The molecule has 0 fully saturated rings. The molecule has 0 aromatic rings. The summed E-state index contributed by atoms with van der Waals surface area (Å²) in [6.45, 7) is 6.35. The Morgan fingerprint density at radius 2 is 2.09 bits per heavy atom. The largest absolute Gasteiger partial charge is 0.116 e. The van der Waals surface area contributed by atoms with E-state index < -0.39 is 0 Å². The van der Waals surface area contributed by atoms with Gasteiger partial charge in [-0.1, -0.05) is 51.0 Å². The summed E-state index contributed by atoms with van der Waals surface area (Å²) in [4.78, 5) is 0. The minimum Gasteiger partial charge on any atom is -0.0889 e. The highest BCUT2D eigenvalue weighted by atomic mass is 14.2. The van der Waals surface area contributed by atoms with Crippen LogP contribution in [0.3, 0.4) is 0 Å². The molecule has 2 unspecified atom stereocenters. The van der Waals surface area contributed by atoms with Crippen molar-refractivity contribution < 1.29 is 0 Å². The normalized spacial score (nSPS) is 18.8. The van der Waals surface area contributed by atoms with Crippen LogP contribution in [0.1, 0.15) is 27.2 Å². The van der Waals surface area contributed by atoms with Crippen molar-refractivity contribution in [2.45, 2.75) is 51.0 Å². The molecule has 0 N–H and O–H groups in total. The van der Waals surface area contributed by atoms with Crippen molar-refractivity contribution >= 4 is 23.0 Å². The molecule has 3 heteroatoms. The molecule has 0 aromatic heterocycles. The summed E-state index contributed by atoms with van der Waals surface area (Å²) in [6, 6.07) is 0. The van der Waals surface area contributed by atoms with Crippen molar-refractivity contribution in [3.05, 3.63) is 0 Å². The van der Waals surface area contributed by atoms with Crippen molar-refractivity contribution in [2.75, 3.05) is 0 Å². The van der Waals surface area contributed by atoms with Gasteiger partial charge in [-0.25, -0.2) is 0 Å². The molecule has 5 radical (unpaired) electrons. The van der Waals surface area contributed by atoms with Crippen LogP contribution in [0, 0.1) is 0 Å². The van der Waals surface area contributed by atoms with E-state index in [0.717, 1.165) is 12.7 Å². The van der Waals surface area contributed by atoms with Crippen LogP contribution in [0.15, 0.2) is 0 Å². The SMILES string of the molecule is [B]CCC(C)([B]CC)C([B])C. The molecule has 0 aliphatic heterocycles. The van der Waals surface area contributed by atoms with Gasteiger partial charge in [-0.2, -0.15) is 0 Å². The van der Waals surface area contributed by atoms with E-state index in [1.807, 2.05) is 6.92 Å². The van der Waals surface area contributed by atoms with E-state index in [9.17, 15) is 0 Å². The first-order valence-corrected chi connectivity index (χ1v) is 4.37. The van der Waals surface area contributed by atoms with E-state index in [2.05, 4.69) is 21.1 Å². The summed E-state index contributed by atoms with van der Waals surface area (Å²) in [6.07, 6.45) is 2.77. The fourth-order valence-corrected chi connectivity index (χ4v) is 1.29. The molecule has 0 heterocycles. The van der Waals surface area contributed by atoms with Crippen molar-refractivity contribution in [1.82, 2.24) is 0 Å². The van der Waals surface area contributed by atoms with E-state index in [0.29, 0.717) is 6.32 Å². The topological polar surface area (TPSA) is 0 Å². The fourth-order valence-electron chi connectivity index (χ4n) is 1.29. The molecule has 0 spiro atoms. The predicted molar refractivity (Wildman–Crippen MR) is 55.0 cm³/mol. The lowest BCUT2D eigenvalue weighted by molar-refractivity contribution is 0.560. The summed E-state index contributed by atoms with van der Waals surface area (Å²) >= 11 is 0. The molecule has 0 rings (SSSR count). The summed E-state index contributed by atoms with van der Waals surface area (Å²) < 4.78 is 0. The van der Waals surface area contributed by atoms with Gasteiger partial charge in [0, 0.05) is 0 Å². The second-order valence-electron chi connectivity index (χ2n) is 3.45. The minimum absolute atomic E-state index is 0.128. The highest BCUT2D eigenvalue weighted by Gasteiger charge is 2.25. The van der Waals surface area contributed by atoms with Crippen LogP contribution >= 0.6 is 0 Å². The van der Waals surface area contributed by atoms with E-state index >= 15 is 0 Å². The van der Waals surface area contributed by atoms with Crippen molar-refractivity contribution in [2.24, 2.45) is 0 Å². The summed E-state index contributed by atoms with van der Waals surface area (Å²) in [5.74, 6) is 0.200. The number of rotatable bonds is 5. The maximum absolute atomic E-state index is 5.86. The molecule has 0 saturated carbocycles. The van der Waals surface area contributed by atoms with Gasteiger partial charge >= 0.3 is 0 Å². The van der Waals surface area contributed by atoms with Crippen LogP contribution in [0.2, 0.25) is 23.8 Å². The Kier molecular flexibility index (Phi) is 5.04. The van der Waals surface area contributed by atoms with Gasteiger partial charge < -0.3 is 0 Å². The molecule has 57 valence electrons. The van der Waals surface area contributed by atoms with Gasteiger partial charge in [0.05, 0.1) is 15.7 Å².